The van der Waals surface area contributed by atoms with Gasteiger partial charge in [-0.3, -0.25) is 0 Å². The van der Waals surface area contributed by atoms with E-state index in [9.17, 15) is 0 Å². The highest BCUT2D eigenvalue weighted by molar-refractivity contribution is 5.55. The summed E-state index contributed by atoms with van der Waals surface area (Å²) >= 11 is 0. The number of anilines is 3. The molecule has 4 heterocycles. The van der Waals surface area contributed by atoms with Gasteiger partial charge in [0.1, 0.15) is 18.0 Å². The molecular formula is C17H23N9. The van der Waals surface area contributed by atoms with Crippen molar-refractivity contribution in [2.75, 3.05) is 47.8 Å². The molecule has 0 atom stereocenters. The Labute approximate surface area is 152 Å². The van der Waals surface area contributed by atoms with E-state index < -0.39 is 0 Å². The van der Waals surface area contributed by atoms with E-state index in [1.54, 1.807) is 6.33 Å². The quantitative estimate of drug-likeness (QED) is 0.751. The van der Waals surface area contributed by atoms with Crippen LogP contribution in [0.3, 0.4) is 0 Å². The molecule has 3 aromatic rings. The van der Waals surface area contributed by atoms with Crippen LogP contribution in [0, 0.1) is 13.8 Å². The molecule has 9 heteroatoms. The molecule has 1 aliphatic heterocycles. The molecule has 0 saturated carbocycles. The normalized spacial score (nSPS) is 14.9. The number of piperazine rings is 1. The van der Waals surface area contributed by atoms with Gasteiger partial charge in [0, 0.05) is 50.2 Å². The lowest BCUT2D eigenvalue weighted by atomic mass is 10.2. The molecule has 0 radical (unpaired) electrons. The van der Waals surface area contributed by atoms with E-state index in [0.29, 0.717) is 5.78 Å². The first-order valence-electron chi connectivity index (χ1n) is 8.91. The van der Waals surface area contributed by atoms with Crippen molar-refractivity contribution in [1.29, 1.82) is 0 Å². The largest absolute Gasteiger partial charge is 0.370 e. The summed E-state index contributed by atoms with van der Waals surface area (Å²) in [7, 11) is 0. The fourth-order valence-electron chi connectivity index (χ4n) is 3.29. The smallest absolute Gasteiger partial charge is 0.254 e. The summed E-state index contributed by atoms with van der Waals surface area (Å²) in [5.41, 5.74) is 2.13. The maximum atomic E-state index is 4.60. The van der Waals surface area contributed by atoms with E-state index in [0.717, 1.165) is 61.6 Å². The van der Waals surface area contributed by atoms with Crippen molar-refractivity contribution >= 4 is 23.4 Å². The number of rotatable bonds is 4. The summed E-state index contributed by atoms with van der Waals surface area (Å²) < 4.78 is 1.83. The lowest BCUT2D eigenvalue weighted by molar-refractivity contribution is 0.625. The number of nitrogens with zero attached hydrogens (tertiary/aromatic N) is 8. The van der Waals surface area contributed by atoms with E-state index in [1.165, 1.54) is 0 Å². The molecule has 1 aliphatic rings. The van der Waals surface area contributed by atoms with E-state index >= 15 is 0 Å². The minimum Gasteiger partial charge on any atom is -0.370 e. The van der Waals surface area contributed by atoms with E-state index in [1.807, 2.05) is 23.7 Å². The van der Waals surface area contributed by atoms with Crippen LogP contribution in [0.25, 0.3) is 5.78 Å². The maximum Gasteiger partial charge on any atom is 0.254 e. The SMILES string of the molecule is CCNc1ccnc(N2CCN(c3c(C)c(C)nc4ncnn34)CC2)n1. The van der Waals surface area contributed by atoms with Crippen molar-refractivity contribution in [3.05, 3.63) is 29.8 Å². The van der Waals surface area contributed by atoms with Gasteiger partial charge >= 0.3 is 0 Å². The summed E-state index contributed by atoms with van der Waals surface area (Å²) in [4.78, 5) is 22.4. The molecule has 4 rings (SSSR count). The van der Waals surface area contributed by atoms with Gasteiger partial charge in [0.15, 0.2) is 0 Å². The first-order valence-corrected chi connectivity index (χ1v) is 8.91. The Morgan fingerprint density at radius 1 is 1.04 bits per heavy atom. The summed E-state index contributed by atoms with van der Waals surface area (Å²) in [5.74, 6) is 3.36. The molecular weight excluding hydrogens is 330 g/mol. The Morgan fingerprint density at radius 3 is 2.58 bits per heavy atom. The summed E-state index contributed by atoms with van der Waals surface area (Å²) in [6.07, 6.45) is 3.36. The second kappa shape index (κ2) is 6.74. The molecule has 0 aliphatic carbocycles. The lowest BCUT2D eigenvalue weighted by Crippen LogP contribution is -2.48. The molecule has 136 valence electrons. The van der Waals surface area contributed by atoms with Crippen LogP contribution in [0.2, 0.25) is 0 Å². The second-order valence-electron chi connectivity index (χ2n) is 6.36. The fourth-order valence-corrected chi connectivity index (χ4v) is 3.29. The zero-order valence-electron chi connectivity index (χ0n) is 15.3. The zero-order valence-corrected chi connectivity index (χ0v) is 15.3. The number of fused-ring (bicyclic) bond motifs is 1. The Balaban J connectivity index is 1.55. The average molecular weight is 353 g/mol. The molecule has 0 spiro atoms. The highest BCUT2D eigenvalue weighted by Gasteiger charge is 2.24. The van der Waals surface area contributed by atoms with Gasteiger partial charge in [0.05, 0.1) is 0 Å². The molecule has 1 fully saturated rings. The topological polar surface area (TPSA) is 87.4 Å². The van der Waals surface area contributed by atoms with Crippen molar-refractivity contribution in [3.63, 3.8) is 0 Å². The third-order valence-electron chi connectivity index (χ3n) is 4.74. The molecule has 3 aromatic heterocycles. The van der Waals surface area contributed by atoms with Crippen molar-refractivity contribution in [2.45, 2.75) is 20.8 Å². The summed E-state index contributed by atoms with van der Waals surface area (Å²) in [6.45, 7) is 10.5. The standard InChI is InChI=1S/C17H23N9/c1-4-18-14-5-6-19-16(23-14)25-9-7-24(8-10-25)15-12(2)13(3)22-17-20-11-21-26(15)17/h5-6,11H,4,7-10H2,1-3H3,(H,18,19,23). The van der Waals surface area contributed by atoms with Gasteiger partial charge in [0.25, 0.3) is 5.78 Å². The number of aromatic nitrogens is 6. The zero-order chi connectivity index (χ0) is 18.1. The van der Waals surface area contributed by atoms with Crippen LogP contribution in [-0.2, 0) is 0 Å². The molecule has 0 aromatic carbocycles. The van der Waals surface area contributed by atoms with Crippen molar-refractivity contribution in [2.24, 2.45) is 0 Å². The first-order chi connectivity index (χ1) is 12.7. The molecule has 1 N–H and O–H groups in total. The van der Waals surface area contributed by atoms with Crippen LogP contribution in [0.1, 0.15) is 18.2 Å². The third-order valence-corrected chi connectivity index (χ3v) is 4.74. The van der Waals surface area contributed by atoms with Crippen LogP contribution >= 0.6 is 0 Å². The van der Waals surface area contributed by atoms with Gasteiger partial charge in [-0.25, -0.2) is 9.97 Å². The minimum absolute atomic E-state index is 0.646. The van der Waals surface area contributed by atoms with Crippen molar-refractivity contribution in [3.8, 4) is 0 Å². The average Bonchev–Trinajstić information content (AvgIpc) is 3.11. The highest BCUT2D eigenvalue weighted by atomic mass is 15.4. The summed E-state index contributed by atoms with van der Waals surface area (Å²) in [5, 5.41) is 7.60. The second-order valence-corrected chi connectivity index (χ2v) is 6.36. The molecule has 1 saturated heterocycles. The molecule has 0 unspecified atom stereocenters. The first kappa shape index (κ1) is 16.5. The fraction of sp³-hybridized carbons (Fsp3) is 0.471. The number of hydrogen-bond acceptors (Lipinski definition) is 8. The van der Waals surface area contributed by atoms with Gasteiger partial charge < -0.3 is 15.1 Å². The Bertz CT molecular complexity index is 912. The lowest BCUT2D eigenvalue weighted by Gasteiger charge is -2.36. The number of hydrogen-bond donors (Lipinski definition) is 1. The molecule has 9 nitrogen and oxygen atoms in total. The third kappa shape index (κ3) is 2.89. The van der Waals surface area contributed by atoms with Crippen LogP contribution in [0.4, 0.5) is 17.6 Å². The van der Waals surface area contributed by atoms with Gasteiger partial charge in [-0.05, 0) is 26.8 Å². The summed E-state index contributed by atoms with van der Waals surface area (Å²) in [6, 6.07) is 1.90. The van der Waals surface area contributed by atoms with Gasteiger partial charge in [0.2, 0.25) is 5.95 Å². The highest BCUT2D eigenvalue weighted by Crippen LogP contribution is 2.24. The monoisotopic (exact) mass is 353 g/mol. The van der Waals surface area contributed by atoms with Crippen LogP contribution in [0.5, 0.6) is 0 Å². The Hall–Kier alpha value is -2.97. The minimum atomic E-state index is 0.646. The van der Waals surface area contributed by atoms with Crippen molar-refractivity contribution < 1.29 is 0 Å². The van der Waals surface area contributed by atoms with Crippen LogP contribution in [0.15, 0.2) is 18.6 Å². The van der Waals surface area contributed by atoms with Gasteiger partial charge in [-0.1, -0.05) is 0 Å². The van der Waals surface area contributed by atoms with E-state index in [4.69, 9.17) is 0 Å². The Morgan fingerprint density at radius 2 is 1.81 bits per heavy atom. The predicted octanol–water partition coefficient (Wildman–Crippen LogP) is 1.29. The Kier molecular flexibility index (Phi) is 4.27. The van der Waals surface area contributed by atoms with Crippen molar-refractivity contribution in [1.82, 2.24) is 29.5 Å². The van der Waals surface area contributed by atoms with Crippen LogP contribution in [-0.4, -0.2) is 62.3 Å². The van der Waals surface area contributed by atoms with E-state index in [2.05, 4.69) is 54.0 Å². The number of nitrogens with one attached hydrogen (secondary N) is 1. The molecule has 0 amide bonds. The predicted molar refractivity (Wildman–Crippen MR) is 101 cm³/mol. The van der Waals surface area contributed by atoms with Gasteiger partial charge in [-0.2, -0.15) is 19.6 Å². The number of aryl methyl sites for hydroxylation is 1. The molecule has 26 heavy (non-hydrogen) atoms. The van der Waals surface area contributed by atoms with Gasteiger partial charge in [-0.15, -0.1) is 0 Å². The van der Waals surface area contributed by atoms with E-state index in [-0.39, 0.29) is 0 Å². The molecule has 0 bridgehead atoms. The van der Waals surface area contributed by atoms with Crippen LogP contribution < -0.4 is 15.1 Å². The maximum absolute atomic E-state index is 4.60.